The zero-order valence-electron chi connectivity index (χ0n) is 5.48. The number of carbonyl (C=O) groups excluding carboxylic acids is 1. The van der Waals surface area contributed by atoms with Gasteiger partial charge in [0.05, 0.1) is 5.41 Å². The molecule has 0 bridgehead atoms. The monoisotopic (exact) mass is 139 g/mol. The van der Waals surface area contributed by atoms with Crippen molar-refractivity contribution in [2.45, 2.75) is 0 Å². The zero-order chi connectivity index (χ0) is 7.03. The van der Waals surface area contributed by atoms with Gasteiger partial charge in [-0.1, -0.05) is 6.08 Å². The third-order valence-corrected chi connectivity index (χ3v) is 2.00. The number of carbonyl (C=O) groups is 1. The zero-order valence-corrected chi connectivity index (χ0v) is 5.48. The highest BCUT2D eigenvalue weighted by atomic mass is 16.2. The van der Waals surface area contributed by atoms with E-state index in [0.717, 1.165) is 0 Å². The maximum Gasteiger partial charge on any atom is 0.236 e. The van der Waals surface area contributed by atoms with Crippen molar-refractivity contribution in [3.8, 4) is 0 Å². The summed E-state index contributed by atoms with van der Waals surface area (Å²) < 4.78 is 0. The standard InChI is InChI=1S/C6H9N3O/c10-5-6(1-2-7-5)3-8-9-4-6/h1-2,8-9H,3-4H2,(H,7,10). The van der Waals surface area contributed by atoms with Crippen LogP contribution in [0.2, 0.25) is 0 Å². The Hall–Kier alpha value is -0.870. The molecule has 0 aromatic rings. The van der Waals surface area contributed by atoms with Crippen molar-refractivity contribution in [3.05, 3.63) is 12.3 Å². The Bertz CT molecular complexity index is 193. The van der Waals surface area contributed by atoms with Crippen LogP contribution in [0, 0.1) is 5.41 Å². The van der Waals surface area contributed by atoms with Crippen LogP contribution in [-0.4, -0.2) is 19.0 Å². The molecule has 2 aliphatic heterocycles. The van der Waals surface area contributed by atoms with Crippen molar-refractivity contribution in [2.24, 2.45) is 5.41 Å². The van der Waals surface area contributed by atoms with Crippen LogP contribution in [-0.2, 0) is 4.79 Å². The predicted molar refractivity (Wildman–Crippen MR) is 35.7 cm³/mol. The van der Waals surface area contributed by atoms with Gasteiger partial charge in [0.2, 0.25) is 5.91 Å². The molecular weight excluding hydrogens is 130 g/mol. The fourth-order valence-electron chi connectivity index (χ4n) is 1.28. The molecule has 0 saturated carbocycles. The van der Waals surface area contributed by atoms with E-state index in [4.69, 9.17) is 0 Å². The lowest BCUT2D eigenvalue weighted by Crippen LogP contribution is -2.36. The van der Waals surface area contributed by atoms with Gasteiger partial charge in [-0.3, -0.25) is 15.6 Å². The van der Waals surface area contributed by atoms with E-state index in [9.17, 15) is 4.79 Å². The molecule has 10 heavy (non-hydrogen) atoms. The van der Waals surface area contributed by atoms with Gasteiger partial charge in [-0.05, 0) is 0 Å². The molecule has 0 aromatic carbocycles. The fourth-order valence-corrected chi connectivity index (χ4v) is 1.28. The molecule has 1 saturated heterocycles. The Labute approximate surface area is 58.6 Å². The Morgan fingerprint density at radius 1 is 1.40 bits per heavy atom. The van der Waals surface area contributed by atoms with Crippen molar-refractivity contribution in [1.29, 1.82) is 0 Å². The van der Waals surface area contributed by atoms with Crippen LogP contribution in [0.5, 0.6) is 0 Å². The lowest BCUT2D eigenvalue weighted by atomic mass is 9.91. The molecule has 1 spiro atoms. The first-order valence-electron chi connectivity index (χ1n) is 3.28. The third-order valence-electron chi connectivity index (χ3n) is 2.00. The minimum absolute atomic E-state index is 0.0880. The first-order chi connectivity index (χ1) is 4.83. The highest BCUT2D eigenvalue weighted by molar-refractivity contribution is 5.88. The van der Waals surface area contributed by atoms with E-state index in [-0.39, 0.29) is 11.3 Å². The van der Waals surface area contributed by atoms with Crippen LogP contribution in [0.25, 0.3) is 0 Å². The molecule has 0 aromatic heterocycles. The Kier molecular flexibility index (Phi) is 1.06. The summed E-state index contributed by atoms with van der Waals surface area (Å²) in [5.41, 5.74) is 5.54. The van der Waals surface area contributed by atoms with E-state index < -0.39 is 0 Å². The molecule has 4 nitrogen and oxygen atoms in total. The van der Waals surface area contributed by atoms with Gasteiger partial charge in [0.1, 0.15) is 0 Å². The second-order valence-corrected chi connectivity index (χ2v) is 2.67. The van der Waals surface area contributed by atoms with Gasteiger partial charge in [0, 0.05) is 19.3 Å². The first-order valence-corrected chi connectivity index (χ1v) is 3.28. The molecule has 0 unspecified atom stereocenters. The fraction of sp³-hybridized carbons (Fsp3) is 0.500. The SMILES string of the molecule is O=C1NC=CC12CNNC2. The van der Waals surface area contributed by atoms with Crippen LogP contribution < -0.4 is 16.2 Å². The molecule has 4 heteroatoms. The normalized spacial score (nSPS) is 27.8. The number of amides is 1. The largest absolute Gasteiger partial charge is 0.332 e. The molecule has 2 heterocycles. The molecule has 0 radical (unpaired) electrons. The van der Waals surface area contributed by atoms with E-state index in [1.807, 2.05) is 6.08 Å². The van der Waals surface area contributed by atoms with E-state index in [1.54, 1.807) is 6.20 Å². The summed E-state index contributed by atoms with van der Waals surface area (Å²) >= 11 is 0. The molecule has 0 aliphatic carbocycles. The van der Waals surface area contributed by atoms with Gasteiger partial charge in [-0.25, -0.2) is 0 Å². The molecule has 3 N–H and O–H groups in total. The van der Waals surface area contributed by atoms with E-state index in [1.165, 1.54) is 0 Å². The van der Waals surface area contributed by atoms with Crippen molar-refractivity contribution in [1.82, 2.24) is 16.2 Å². The molecule has 1 fully saturated rings. The number of hydrogen-bond donors (Lipinski definition) is 3. The van der Waals surface area contributed by atoms with E-state index in [2.05, 4.69) is 16.2 Å². The number of hydrogen-bond acceptors (Lipinski definition) is 3. The smallest absolute Gasteiger partial charge is 0.236 e. The van der Waals surface area contributed by atoms with Crippen LogP contribution >= 0.6 is 0 Å². The number of rotatable bonds is 0. The topological polar surface area (TPSA) is 53.2 Å². The molecule has 2 aliphatic rings. The maximum atomic E-state index is 11.1. The van der Waals surface area contributed by atoms with Crippen molar-refractivity contribution < 1.29 is 4.79 Å². The Balaban J connectivity index is 2.27. The van der Waals surface area contributed by atoms with Crippen molar-refractivity contribution in [3.63, 3.8) is 0 Å². The quantitative estimate of drug-likeness (QED) is 0.392. The van der Waals surface area contributed by atoms with Crippen LogP contribution in [0.15, 0.2) is 12.3 Å². The van der Waals surface area contributed by atoms with Gasteiger partial charge in [0.25, 0.3) is 0 Å². The van der Waals surface area contributed by atoms with Gasteiger partial charge in [0.15, 0.2) is 0 Å². The minimum Gasteiger partial charge on any atom is -0.332 e. The highest BCUT2D eigenvalue weighted by Gasteiger charge is 2.41. The summed E-state index contributed by atoms with van der Waals surface area (Å²) in [7, 11) is 0. The number of hydrazine groups is 1. The summed E-state index contributed by atoms with van der Waals surface area (Å²) in [6, 6.07) is 0. The van der Waals surface area contributed by atoms with Gasteiger partial charge >= 0.3 is 0 Å². The lowest BCUT2D eigenvalue weighted by molar-refractivity contribution is -0.125. The van der Waals surface area contributed by atoms with Crippen LogP contribution in [0.3, 0.4) is 0 Å². The van der Waals surface area contributed by atoms with E-state index >= 15 is 0 Å². The average Bonchev–Trinajstić information content (AvgIpc) is 2.48. The Morgan fingerprint density at radius 2 is 2.10 bits per heavy atom. The minimum atomic E-state index is -0.306. The molecule has 0 atom stereocenters. The molecule has 2 rings (SSSR count). The summed E-state index contributed by atoms with van der Waals surface area (Å²) in [4.78, 5) is 11.1. The summed E-state index contributed by atoms with van der Waals surface area (Å²) in [5.74, 6) is 0.0880. The average molecular weight is 139 g/mol. The lowest BCUT2D eigenvalue weighted by Gasteiger charge is -2.13. The summed E-state index contributed by atoms with van der Waals surface area (Å²) in [6.07, 6.45) is 3.61. The second kappa shape index (κ2) is 1.81. The molecular formula is C6H9N3O. The first kappa shape index (κ1) is 5.88. The van der Waals surface area contributed by atoms with Crippen molar-refractivity contribution >= 4 is 5.91 Å². The van der Waals surface area contributed by atoms with Crippen LogP contribution in [0.1, 0.15) is 0 Å². The maximum absolute atomic E-state index is 11.1. The molecule has 1 amide bonds. The number of nitrogens with one attached hydrogen (secondary N) is 3. The summed E-state index contributed by atoms with van der Waals surface area (Å²) in [5, 5.41) is 2.65. The second-order valence-electron chi connectivity index (χ2n) is 2.67. The molecule has 54 valence electrons. The van der Waals surface area contributed by atoms with Crippen LogP contribution in [0.4, 0.5) is 0 Å². The highest BCUT2D eigenvalue weighted by Crippen LogP contribution is 2.23. The van der Waals surface area contributed by atoms with Gasteiger partial charge < -0.3 is 5.32 Å². The third kappa shape index (κ3) is 0.600. The van der Waals surface area contributed by atoms with Gasteiger partial charge in [-0.15, -0.1) is 0 Å². The van der Waals surface area contributed by atoms with Crippen molar-refractivity contribution in [2.75, 3.05) is 13.1 Å². The summed E-state index contributed by atoms with van der Waals surface area (Å²) in [6.45, 7) is 1.38. The van der Waals surface area contributed by atoms with E-state index in [0.29, 0.717) is 13.1 Å². The predicted octanol–water partition coefficient (Wildman–Crippen LogP) is -1.28. The Morgan fingerprint density at radius 3 is 2.60 bits per heavy atom. The van der Waals surface area contributed by atoms with Gasteiger partial charge in [-0.2, -0.15) is 0 Å².